The Kier molecular flexibility index (Phi) is 53.9. The van der Waals surface area contributed by atoms with Crippen LogP contribution in [-0.4, -0.2) is 99.6 Å². The van der Waals surface area contributed by atoms with Gasteiger partial charge in [-0.15, -0.1) is 0 Å². The zero-order valence-corrected chi connectivity index (χ0v) is 52.3. The van der Waals surface area contributed by atoms with E-state index in [4.69, 9.17) is 14.2 Å². The van der Waals surface area contributed by atoms with Crippen molar-refractivity contribution >= 4 is 11.9 Å². The molecular formula is C72H119NO10. The fourth-order valence-electron chi connectivity index (χ4n) is 9.41. The molecule has 8 atom stereocenters. The molecule has 6 N–H and O–H groups in total. The first-order valence-electron chi connectivity index (χ1n) is 33.0. The molecule has 0 radical (unpaired) electrons. The van der Waals surface area contributed by atoms with E-state index in [1.807, 2.05) is 6.08 Å². The van der Waals surface area contributed by atoms with Gasteiger partial charge in [0.1, 0.15) is 24.4 Å². The molecule has 0 spiro atoms. The molecule has 1 rings (SSSR count). The molecule has 11 nitrogen and oxygen atoms in total. The molecule has 11 heteroatoms. The highest BCUT2D eigenvalue weighted by atomic mass is 16.7. The quantitative estimate of drug-likeness (QED) is 0.0195. The van der Waals surface area contributed by atoms with Crippen LogP contribution in [-0.2, 0) is 23.8 Å². The minimum absolute atomic E-state index is 0.0755. The minimum atomic E-state index is -1.64. The zero-order valence-electron chi connectivity index (χ0n) is 52.3. The summed E-state index contributed by atoms with van der Waals surface area (Å²) in [6.07, 6.45) is 71.9. The van der Waals surface area contributed by atoms with Crippen LogP contribution in [0.2, 0.25) is 0 Å². The Balaban J connectivity index is 2.69. The molecule has 1 amide bonds. The Labute approximate surface area is 505 Å². The molecule has 1 saturated heterocycles. The van der Waals surface area contributed by atoms with Crippen LogP contribution in [0.3, 0.4) is 0 Å². The molecule has 0 aliphatic carbocycles. The summed E-state index contributed by atoms with van der Waals surface area (Å²) in [5.41, 5.74) is 0. The van der Waals surface area contributed by atoms with E-state index in [1.165, 1.54) is 51.4 Å². The summed E-state index contributed by atoms with van der Waals surface area (Å²) in [5, 5.41) is 57.1. The third-order valence-corrected chi connectivity index (χ3v) is 14.5. The molecule has 1 fully saturated rings. The Morgan fingerprint density at radius 2 is 0.867 bits per heavy atom. The summed E-state index contributed by atoms with van der Waals surface area (Å²) >= 11 is 0. The van der Waals surface area contributed by atoms with Gasteiger partial charge in [0, 0.05) is 6.42 Å². The number of carbonyl (C=O) groups excluding carboxylic acids is 2. The van der Waals surface area contributed by atoms with Crippen LogP contribution < -0.4 is 5.32 Å². The Morgan fingerprint density at radius 1 is 0.482 bits per heavy atom. The van der Waals surface area contributed by atoms with E-state index < -0.39 is 67.4 Å². The van der Waals surface area contributed by atoms with Crippen LogP contribution in [0.4, 0.5) is 0 Å². The van der Waals surface area contributed by atoms with E-state index in [0.717, 1.165) is 148 Å². The van der Waals surface area contributed by atoms with Gasteiger partial charge in [-0.05, 0) is 116 Å². The first kappa shape index (κ1) is 76.8. The van der Waals surface area contributed by atoms with E-state index >= 15 is 0 Å². The van der Waals surface area contributed by atoms with E-state index in [2.05, 4.69) is 148 Å². The highest BCUT2D eigenvalue weighted by Crippen LogP contribution is 2.26. The molecule has 0 aromatic heterocycles. The molecule has 472 valence electrons. The monoisotopic (exact) mass is 1160 g/mol. The van der Waals surface area contributed by atoms with Crippen molar-refractivity contribution in [1.29, 1.82) is 0 Å². The molecule has 1 heterocycles. The molecule has 0 bridgehead atoms. The number of hydrogen-bond donors (Lipinski definition) is 6. The molecule has 0 aromatic carbocycles. The number of amides is 1. The largest absolute Gasteiger partial charge is 0.454 e. The predicted molar refractivity (Wildman–Crippen MR) is 347 cm³/mol. The lowest BCUT2D eigenvalue weighted by Crippen LogP contribution is -2.61. The van der Waals surface area contributed by atoms with Gasteiger partial charge in [-0.1, -0.05) is 257 Å². The molecule has 0 saturated carbocycles. The van der Waals surface area contributed by atoms with Crippen molar-refractivity contribution in [2.75, 3.05) is 13.2 Å². The second kappa shape index (κ2) is 58.2. The van der Waals surface area contributed by atoms with E-state index in [-0.39, 0.29) is 19.4 Å². The fourth-order valence-corrected chi connectivity index (χ4v) is 9.41. The second-order valence-corrected chi connectivity index (χ2v) is 22.1. The number of nitrogens with one attached hydrogen (secondary N) is 1. The van der Waals surface area contributed by atoms with Gasteiger partial charge < -0.3 is 45.1 Å². The van der Waals surface area contributed by atoms with Crippen molar-refractivity contribution in [3.05, 3.63) is 134 Å². The number of unbranched alkanes of at least 4 members (excludes halogenated alkanes) is 20. The van der Waals surface area contributed by atoms with Gasteiger partial charge in [-0.3, -0.25) is 9.59 Å². The molecule has 8 unspecified atom stereocenters. The summed E-state index contributed by atoms with van der Waals surface area (Å²) in [7, 11) is 0. The van der Waals surface area contributed by atoms with Crippen LogP contribution >= 0.6 is 0 Å². The molecule has 1 aliphatic rings. The van der Waals surface area contributed by atoms with Crippen LogP contribution in [0.15, 0.2) is 134 Å². The van der Waals surface area contributed by atoms with E-state index in [9.17, 15) is 35.1 Å². The maximum atomic E-state index is 13.5. The van der Waals surface area contributed by atoms with Crippen molar-refractivity contribution in [2.24, 2.45) is 0 Å². The molecule has 0 aromatic rings. The average Bonchev–Trinajstić information content (AvgIpc) is 3.54. The lowest BCUT2D eigenvalue weighted by atomic mass is 9.99. The van der Waals surface area contributed by atoms with Crippen LogP contribution in [0, 0.1) is 0 Å². The smallest absolute Gasteiger partial charge is 0.306 e. The van der Waals surface area contributed by atoms with Crippen molar-refractivity contribution < 1.29 is 49.3 Å². The third-order valence-electron chi connectivity index (χ3n) is 14.5. The number of ether oxygens (including phenoxy) is 3. The first-order chi connectivity index (χ1) is 40.7. The van der Waals surface area contributed by atoms with Gasteiger partial charge in [-0.2, -0.15) is 0 Å². The number of carbonyl (C=O) groups is 2. The maximum Gasteiger partial charge on any atom is 0.306 e. The van der Waals surface area contributed by atoms with Crippen molar-refractivity contribution in [1.82, 2.24) is 5.32 Å². The average molecular weight is 1160 g/mol. The lowest BCUT2D eigenvalue weighted by Gasteiger charge is -2.41. The Hall–Kier alpha value is -4.20. The van der Waals surface area contributed by atoms with Gasteiger partial charge in [0.2, 0.25) is 5.91 Å². The number of aliphatic hydroxyl groups excluding tert-OH is 5. The van der Waals surface area contributed by atoms with Crippen molar-refractivity contribution in [3.63, 3.8) is 0 Å². The first-order valence-corrected chi connectivity index (χ1v) is 33.0. The Bertz CT molecular complexity index is 1860. The van der Waals surface area contributed by atoms with Gasteiger partial charge in [0.15, 0.2) is 12.4 Å². The van der Waals surface area contributed by atoms with Crippen LogP contribution in [0.5, 0.6) is 0 Å². The SMILES string of the molecule is CC/C=C\C/C=C\C/C=C\C/C=C\C/C=C\CCCCCCCCC(O)C(=O)NC(COC1OC(CO)C(O)C(O)C1OC(=O)CCCCC/C=C\C/C=C\C/C=C\C/C=C\C/C=C\CC)C(O)/C=C/CCCCCCCCCCCCC. The highest BCUT2D eigenvalue weighted by molar-refractivity contribution is 5.80. The van der Waals surface area contributed by atoms with Gasteiger partial charge in [0.25, 0.3) is 0 Å². The summed E-state index contributed by atoms with van der Waals surface area (Å²) in [5.74, 6) is -1.25. The molecular weight excluding hydrogens is 1040 g/mol. The van der Waals surface area contributed by atoms with Crippen LogP contribution in [0.1, 0.15) is 245 Å². The third kappa shape index (κ3) is 45.8. The van der Waals surface area contributed by atoms with Crippen LogP contribution in [0.25, 0.3) is 0 Å². The standard InChI is InChI=1S/C72H119NO10/c1-4-7-10-13-16-19-22-25-27-29-31-32-33-35-36-38-41-44-47-50-53-56-59-65(76)71(80)73-63(64(75)58-55-52-49-46-43-40-24-21-18-15-12-9-6-3)62-81-72-70(69(79)68(78)66(61-74)82-72)83-67(77)60-57-54-51-48-45-42-39-37-34-30-28-26-23-20-17-14-11-8-5-2/h7-8,10-11,16-17,19-20,25-28,31-32,34-37,42,45,55,58,63-66,68-70,72,74-76,78-79H,4-6,9,12-15,18,21-24,29-30,33,38-41,43-44,46-54,56-57,59-62H2,1-3H3,(H,73,80)/b10-7-,11-8-,19-16-,20-17-,27-25-,28-26-,32-31-,36-35-,37-34-,45-42-,58-55+. The fraction of sp³-hybridized carbons (Fsp3) is 0.667. The van der Waals surface area contributed by atoms with Crippen molar-refractivity contribution in [3.8, 4) is 0 Å². The van der Waals surface area contributed by atoms with E-state index in [1.54, 1.807) is 6.08 Å². The molecule has 83 heavy (non-hydrogen) atoms. The van der Waals surface area contributed by atoms with Gasteiger partial charge in [0.05, 0.1) is 25.4 Å². The molecule has 1 aliphatic heterocycles. The van der Waals surface area contributed by atoms with Gasteiger partial charge >= 0.3 is 5.97 Å². The second-order valence-electron chi connectivity index (χ2n) is 22.1. The van der Waals surface area contributed by atoms with Crippen molar-refractivity contribution in [2.45, 2.75) is 294 Å². The highest BCUT2D eigenvalue weighted by Gasteiger charge is 2.47. The summed E-state index contributed by atoms with van der Waals surface area (Å²) in [6.45, 7) is 5.54. The minimum Gasteiger partial charge on any atom is -0.454 e. The maximum absolute atomic E-state index is 13.5. The summed E-state index contributed by atoms with van der Waals surface area (Å²) in [6, 6.07) is -1.05. The topological polar surface area (TPSA) is 175 Å². The number of aliphatic hydroxyl groups is 5. The number of esters is 1. The normalized spacial score (nSPS) is 19.4. The summed E-state index contributed by atoms with van der Waals surface area (Å²) < 4.78 is 17.6. The zero-order chi connectivity index (χ0) is 60.3. The predicted octanol–water partition coefficient (Wildman–Crippen LogP) is 16.4. The number of hydrogen-bond acceptors (Lipinski definition) is 10. The summed E-state index contributed by atoms with van der Waals surface area (Å²) in [4.78, 5) is 26.6. The number of allylic oxidation sites excluding steroid dienone is 21. The lowest BCUT2D eigenvalue weighted by molar-refractivity contribution is -0.305. The Morgan fingerprint density at radius 3 is 1.30 bits per heavy atom. The van der Waals surface area contributed by atoms with E-state index in [0.29, 0.717) is 12.8 Å². The number of rotatable bonds is 54. The van der Waals surface area contributed by atoms with Gasteiger partial charge in [-0.25, -0.2) is 0 Å².